The highest BCUT2D eigenvalue weighted by Crippen LogP contribution is 2.25. The minimum atomic E-state index is 0.133. The number of hydrogen-bond donors (Lipinski definition) is 0. The van der Waals surface area contributed by atoms with Crippen LogP contribution in [-0.2, 0) is 5.41 Å². The fourth-order valence-corrected chi connectivity index (χ4v) is 1.09. The van der Waals surface area contributed by atoms with Crippen LogP contribution in [0.3, 0.4) is 0 Å². The minimum Gasteiger partial charge on any atom is -0.481 e. The minimum absolute atomic E-state index is 0.133. The fourth-order valence-electron chi connectivity index (χ4n) is 1.09. The molecule has 1 heterocycles. The summed E-state index contributed by atoms with van der Waals surface area (Å²) in [5, 5.41) is 0. The van der Waals surface area contributed by atoms with Gasteiger partial charge in [-0.25, -0.2) is 4.98 Å². The number of pyridine rings is 1. The molecular formula is C11H17NO. The van der Waals surface area contributed by atoms with Crippen LogP contribution in [0.1, 0.15) is 32.9 Å². The van der Waals surface area contributed by atoms with Crippen LogP contribution in [0.25, 0.3) is 0 Å². The molecule has 1 aromatic rings. The summed E-state index contributed by atoms with van der Waals surface area (Å²) >= 11 is 0. The van der Waals surface area contributed by atoms with E-state index < -0.39 is 0 Å². The van der Waals surface area contributed by atoms with E-state index >= 15 is 0 Å². The molecule has 0 radical (unpaired) electrons. The predicted molar refractivity (Wildman–Crippen MR) is 54.1 cm³/mol. The Hall–Kier alpha value is -1.05. The van der Waals surface area contributed by atoms with Crippen molar-refractivity contribution in [1.82, 2.24) is 4.98 Å². The Morgan fingerprint density at radius 2 is 2.08 bits per heavy atom. The summed E-state index contributed by atoms with van der Waals surface area (Å²) in [5.41, 5.74) is 1.23. The molecule has 1 aromatic heterocycles. The van der Waals surface area contributed by atoms with E-state index in [0.717, 1.165) is 12.1 Å². The van der Waals surface area contributed by atoms with Gasteiger partial charge in [0.15, 0.2) is 0 Å². The lowest BCUT2D eigenvalue weighted by Gasteiger charge is -2.21. The molecule has 0 saturated carbocycles. The van der Waals surface area contributed by atoms with Crippen LogP contribution in [0.4, 0.5) is 0 Å². The zero-order valence-corrected chi connectivity index (χ0v) is 8.79. The van der Waals surface area contributed by atoms with E-state index in [1.54, 1.807) is 7.11 Å². The molecule has 0 aromatic carbocycles. The zero-order valence-electron chi connectivity index (χ0n) is 8.79. The Morgan fingerprint density at radius 3 is 2.62 bits per heavy atom. The number of nitrogens with zero attached hydrogens (tertiary/aromatic N) is 1. The van der Waals surface area contributed by atoms with Crippen LogP contribution in [0.5, 0.6) is 5.88 Å². The summed E-state index contributed by atoms with van der Waals surface area (Å²) in [6, 6.07) is 5.90. The lowest BCUT2D eigenvalue weighted by Crippen LogP contribution is -2.17. The van der Waals surface area contributed by atoms with Gasteiger partial charge in [0.05, 0.1) is 12.8 Å². The molecule has 0 spiro atoms. The van der Waals surface area contributed by atoms with E-state index in [9.17, 15) is 0 Å². The predicted octanol–water partition coefficient (Wildman–Crippen LogP) is 2.78. The first-order chi connectivity index (χ1) is 6.10. The van der Waals surface area contributed by atoms with Gasteiger partial charge in [0, 0.05) is 11.5 Å². The first-order valence-corrected chi connectivity index (χ1v) is 4.61. The third-order valence-electron chi connectivity index (χ3n) is 2.51. The highest BCUT2D eigenvalue weighted by Gasteiger charge is 2.19. The first-order valence-electron chi connectivity index (χ1n) is 4.61. The molecule has 72 valence electrons. The molecule has 0 saturated heterocycles. The molecule has 0 amide bonds. The topological polar surface area (TPSA) is 22.1 Å². The fraction of sp³-hybridized carbons (Fsp3) is 0.545. The maximum atomic E-state index is 5.08. The quantitative estimate of drug-likeness (QED) is 0.711. The number of methoxy groups -OCH3 is 1. The molecule has 0 unspecified atom stereocenters. The lowest BCUT2D eigenvalue weighted by molar-refractivity contribution is 0.388. The molecule has 0 aliphatic rings. The smallest absolute Gasteiger partial charge is 0.213 e. The molecule has 0 aliphatic carbocycles. The lowest BCUT2D eigenvalue weighted by atomic mass is 9.86. The van der Waals surface area contributed by atoms with Crippen molar-refractivity contribution in [3.05, 3.63) is 23.9 Å². The Labute approximate surface area is 80.0 Å². The van der Waals surface area contributed by atoms with Gasteiger partial charge in [-0.3, -0.25) is 0 Å². The third kappa shape index (κ3) is 2.20. The van der Waals surface area contributed by atoms with Gasteiger partial charge in [0.1, 0.15) is 0 Å². The standard InChI is InChI=1S/C11H17NO/c1-5-11(2,3)9-7-6-8-10(12-9)13-4/h6-8H,5H2,1-4H3. The SMILES string of the molecule is CCC(C)(C)c1cccc(OC)n1. The highest BCUT2D eigenvalue weighted by atomic mass is 16.5. The van der Waals surface area contributed by atoms with E-state index in [-0.39, 0.29) is 5.41 Å². The Morgan fingerprint density at radius 1 is 1.38 bits per heavy atom. The first kappa shape index (κ1) is 10.0. The zero-order chi connectivity index (χ0) is 9.90. The van der Waals surface area contributed by atoms with Crippen molar-refractivity contribution in [1.29, 1.82) is 0 Å². The second-order valence-corrected chi connectivity index (χ2v) is 3.80. The monoisotopic (exact) mass is 179 g/mol. The summed E-state index contributed by atoms with van der Waals surface area (Å²) in [5.74, 6) is 0.694. The van der Waals surface area contributed by atoms with Gasteiger partial charge in [-0.1, -0.05) is 26.8 Å². The maximum absolute atomic E-state index is 5.08. The molecule has 0 fully saturated rings. The molecule has 13 heavy (non-hydrogen) atoms. The van der Waals surface area contributed by atoms with Gasteiger partial charge in [-0.05, 0) is 12.5 Å². The molecule has 0 bridgehead atoms. The number of rotatable bonds is 3. The van der Waals surface area contributed by atoms with Crippen LogP contribution < -0.4 is 4.74 Å². The second-order valence-electron chi connectivity index (χ2n) is 3.80. The third-order valence-corrected chi connectivity index (χ3v) is 2.51. The van der Waals surface area contributed by atoms with Crippen LogP contribution in [0.2, 0.25) is 0 Å². The van der Waals surface area contributed by atoms with Crippen LogP contribution in [-0.4, -0.2) is 12.1 Å². The molecule has 2 heteroatoms. The number of aromatic nitrogens is 1. The van der Waals surface area contributed by atoms with Crippen LogP contribution >= 0.6 is 0 Å². The van der Waals surface area contributed by atoms with Crippen molar-refractivity contribution in [3.63, 3.8) is 0 Å². The van der Waals surface area contributed by atoms with Gasteiger partial charge in [0.2, 0.25) is 5.88 Å². The van der Waals surface area contributed by atoms with E-state index in [1.807, 2.05) is 18.2 Å². The van der Waals surface area contributed by atoms with Gasteiger partial charge < -0.3 is 4.74 Å². The van der Waals surface area contributed by atoms with Crippen molar-refractivity contribution in [2.24, 2.45) is 0 Å². The van der Waals surface area contributed by atoms with Crippen LogP contribution in [0, 0.1) is 0 Å². The van der Waals surface area contributed by atoms with Crippen molar-refractivity contribution in [2.45, 2.75) is 32.6 Å². The maximum Gasteiger partial charge on any atom is 0.213 e. The number of hydrogen-bond acceptors (Lipinski definition) is 2. The molecule has 0 aliphatic heterocycles. The summed E-state index contributed by atoms with van der Waals surface area (Å²) in [4.78, 5) is 4.41. The highest BCUT2D eigenvalue weighted by molar-refractivity contribution is 5.21. The van der Waals surface area contributed by atoms with E-state index in [0.29, 0.717) is 5.88 Å². The van der Waals surface area contributed by atoms with E-state index in [2.05, 4.69) is 25.8 Å². The van der Waals surface area contributed by atoms with Crippen molar-refractivity contribution in [2.75, 3.05) is 7.11 Å². The van der Waals surface area contributed by atoms with Crippen molar-refractivity contribution < 1.29 is 4.74 Å². The molecule has 2 nitrogen and oxygen atoms in total. The van der Waals surface area contributed by atoms with E-state index in [1.165, 1.54) is 0 Å². The molecule has 0 atom stereocenters. The average molecular weight is 179 g/mol. The Bertz CT molecular complexity index is 281. The van der Waals surface area contributed by atoms with Crippen molar-refractivity contribution in [3.8, 4) is 5.88 Å². The average Bonchev–Trinajstić information content (AvgIpc) is 2.18. The van der Waals surface area contributed by atoms with Gasteiger partial charge in [-0.15, -0.1) is 0 Å². The summed E-state index contributed by atoms with van der Waals surface area (Å²) in [7, 11) is 1.64. The Kier molecular flexibility index (Phi) is 2.91. The van der Waals surface area contributed by atoms with E-state index in [4.69, 9.17) is 4.74 Å². The van der Waals surface area contributed by atoms with Crippen LogP contribution in [0.15, 0.2) is 18.2 Å². The van der Waals surface area contributed by atoms with Gasteiger partial charge >= 0.3 is 0 Å². The largest absolute Gasteiger partial charge is 0.481 e. The normalized spacial score (nSPS) is 11.4. The van der Waals surface area contributed by atoms with Crippen molar-refractivity contribution >= 4 is 0 Å². The second kappa shape index (κ2) is 3.77. The molecule has 0 N–H and O–H groups in total. The number of ether oxygens (including phenoxy) is 1. The van der Waals surface area contributed by atoms with Gasteiger partial charge in [0.25, 0.3) is 0 Å². The summed E-state index contributed by atoms with van der Waals surface area (Å²) in [6.07, 6.45) is 1.08. The summed E-state index contributed by atoms with van der Waals surface area (Å²) in [6.45, 7) is 6.55. The summed E-state index contributed by atoms with van der Waals surface area (Å²) < 4.78 is 5.08. The molecular weight excluding hydrogens is 162 g/mol. The van der Waals surface area contributed by atoms with Gasteiger partial charge in [-0.2, -0.15) is 0 Å². The molecule has 1 rings (SSSR count). The Balaban J connectivity index is 3.01.